The minimum absolute atomic E-state index is 0.160. The first kappa shape index (κ1) is 14.7. The lowest BCUT2D eigenvalue weighted by Crippen LogP contribution is -2.11. The molecular weight excluding hydrogens is 304 g/mol. The highest BCUT2D eigenvalue weighted by molar-refractivity contribution is 7.11. The van der Waals surface area contributed by atoms with E-state index in [1.54, 1.807) is 11.3 Å². The zero-order valence-corrected chi connectivity index (χ0v) is 14.3. The van der Waals surface area contributed by atoms with E-state index in [-0.39, 0.29) is 6.04 Å². The Labute approximate surface area is 134 Å². The van der Waals surface area contributed by atoms with Crippen LogP contribution in [0.5, 0.6) is 0 Å². The highest BCUT2D eigenvalue weighted by Crippen LogP contribution is 2.40. The maximum absolute atomic E-state index is 6.25. The van der Waals surface area contributed by atoms with Crippen LogP contribution in [0.3, 0.4) is 0 Å². The zero-order valence-electron chi connectivity index (χ0n) is 12.7. The Balaban J connectivity index is 1.88. The number of thiazole rings is 1. The van der Waals surface area contributed by atoms with Gasteiger partial charge in [0.2, 0.25) is 0 Å². The van der Waals surface area contributed by atoms with E-state index in [0.29, 0.717) is 11.1 Å². The van der Waals surface area contributed by atoms with E-state index in [1.165, 1.54) is 17.7 Å². The van der Waals surface area contributed by atoms with Gasteiger partial charge in [0.15, 0.2) is 0 Å². The number of aryl methyl sites for hydroxylation is 2. The number of hydrogen-bond donors (Lipinski definition) is 1. The molecule has 1 N–H and O–H groups in total. The summed E-state index contributed by atoms with van der Waals surface area (Å²) in [7, 11) is 0. The maximum atomic E-state index is 6.25. The van der Waals surface area contributed by atoms with Crippen LogP contribution in [0.25, 0.3) is 0 Å². The van der Waals surface area contributed by atoms with Crippen LogP contribution >= 0.6 is 22.9 Å². The van der Waals surface area contributed by atoms with Gasteiger partial charge in [0.25, 0.3) is 0 Å². The number of anilines is 1. The Morgan fingerprint density at radius 3 is 2.48 bits per heavy atom. The first-order valence-electron chi connectivity index (χ1n) is 7.20. The number of halogens is 1. The van der Waals surface area contributed by atoms with Crippen LogP contribution in [0.1, 0.15) is 58.7 Å². The van der Waals surface area contributed by atoms with Gasteiger partial charge in [-0.15, -0.1) is 11.3 Å². The van der Waals surface area contributed by atoms with Crippen molar-refractivity contribution in [2.24, 2.45) is 0 Å². The molecule has 0 aliphatic heterocycles. The van der Waals surface area contributed by atoms with Crippen LogP contribution in [0, 0.1) is 20.8 Å². The van der Waals surface area contributed by atoms with Crippen LogP contribution in [0.4, 0.5) is 5.82 Å². The topological polar surface area (TPSA) is 50.7 Å². The van der Waals surface area contributed by atoms with Crippen molar-refractivity contribution < 1.29 is 0 Å². The second-order valence-electron chi connectivity index (χ2n) is 5.67. The highest BCUT2D eigenvalue weighted by atomic mass is 35.5. The van der Waals surface area contributed by atoms with Crippen molar-refractivity contribution in [1.82, 2.24) is 15.0 Å². The van der Waals surface area contributed by atoms with Crippen molar-refractivity contribution in [2.45, 2.75) is 52.5 Å². The summed E-state index contributed by atoms with van der Waals surface area (Å²) in [4.78, 5) is 14.8. The second kappa shape index (κ2) is 5.54. The van der Waals surface area contributed by atoms with Crippen LogP contribution in [0.2, 0.25) is 5.15 Å². The Kier molecular flexibility index (Phi) is 3.88. The molecule has 0 saturated heterocycles. The number of rotatable bonds is 4. The van der Waals surface area contributed by atoms with E-state index in [9.17, 15) is 0 Å². The summed E-state index contributed by atoms with van der Waals surface area (Å²) in [5.74, 6) is 2.21. The van der Waals surface area contributed by atoms with Crippen molar-refractivity contribution in [3.8, 4) is 0 Å². The Morgan fingerprint density at radius 1 is 1.19 bits per heavy atom. The van der Waals surface area contributed by atoms with Crippen molar-refractivity contribution in [2.75, 3.05) is 5.32 Å². The van der Waals surface area contributed by atoms with Crippen LogP contribution in [-0.2, 0) is 0 Å². The average Bonchev–Trinajstić information content (AvgIpc) is 3.20. The fourth-order valence-electron chi connectivity index (χ4n) is 2.39. The quantitative estimate of drug-likeness (QED) is 0.838. The number of hydrogen-bond acceptors (Lipinski definition) is 5. The molecule has 2 aromatic heterocycles. The zero-order chi connectivity index (χ0) is 15.1. The average molecular weight is 323 g/mol. The fraction of sp³-hybridized carbons (Fsp3) is 0.533. The van der Waals surface area contributed by atoms with Crippen molar-refractivity contribution in [3.63, 3.8) is 0 Å². The molecule has 1 unspecified atom stereocenters. The van der Waals surface area contributed by atoms with E-state index < -0.39 is 0 Å². The standard InChI is InChI=1S/C15H19ClN4S/c1-7-13(16)19-15(11-5-6-11)20-14(7)18-9(3)12-8(2)17-10(4)21-12/h9,11H,5-6H2,1-4H3,(H,18,19,20). The van der Waals surface area contributed by atoms with Gasteiger partial charge < -0.3 is 5.32 Å². The van der Waals surface area contributed by atoms with Gasteiger partial charge in [-0.1, -0.05) is 11.6 Å². The van der Waals surface area contributed by atoms with Crippen LogP contribution < -0.4 is 5.32 Å². The highest BCUT2D eigenvalue weighted by Gasteiger charge is 2.28. The molecule has 4 nitrogen and oxygen atoms in total. The molecule has 2 heterocycles. The van der Waals surface area contributed by atoms with Gasteiger partial charge >= 0.3 is 0 Å². The fourth-order valence-corrected chi connectivity index (χ4v) is 3.50. The minimum Gasteiger partial charge on any atom is -0.362 e. The summed E-state index contributed by atoms with van der Waals surface area (Å²) in [6, 6.07) is 0.160. The molecule has 0 bridgehead atoms. The SMILES string of the molecule is Cc1nc(C)c(C(C)Nc2nc(C3CC3)nc(Cl)c2C)s1. The first-order chi connectivity index (χ1) is 9.95. The molecular formula is C15H19ClN4S. The molecule has 21 heavy (non-hydrogen) atoms. The molecule has 1 atom stereocenters. The third-order valence-corrected chi connectivity index (χ3v) is 5.36. The normalized spacial score (nSPS) is 16.0. The summed E-state index contributed by atoms with van der Waals surface area (Å²) in [6.07, 6.45) is 2.34. The molecule has 1 aliphatic carbocycles. The molecule has 3 rings (SSSR count). The molecule has 1 saturated carbocycles. The van der Waals surface area contributed by atoms with Gasteiger partial charge in [0.1, 0.15) is 16.8 Å². The molecule has 1 aliphatic rings. The maximum Gasteiger partial charge on any atom is 0.137 e. The molecule has 0 aromatic carbocycles. The van der Waals surface area contributed by atoms with Gasteiger partial charge in [-0.25, -0.2) is 15.0 Å². The van der Waals surface area contributed by atoms with Gasteiger partial charge in [-0.2, -0.15) is 0 Å². The molecule has 6 heteroatoms. The molecule has 0 radical (unpaired) electrons. The lowest BCUT2D eigenvalue weighted by Gasteiger charge is -2.16. The summed E-state index contributed by atoms with van der Waals surface area (Å²) in [6.45, 7) is 8.17. The van der Waals surface area contributed by atoms with E-state index in [0.717, 1.165) is 27.9 Å². The second-order valence-corrected chi connectivity index (χ2v) is 7.26. The number of aromatic nitrogens is 3. The van der Waals surface area contributed by atoms with Gasteiger partial charge in [-0.05, 0) is 40.5 Å². The molecule has 0 amide bonds. The van der Waals surface area contributed by atoms with Gasteiger partial charge in [0.05, 0.1) is 16.7 Å². The summed E-state index contributed by atoms with van der Waals surface area (Å²) in [5.41, 5.74) is 1.99. The summed E-state index contributed by atoms with van der Waals surface area (Å²) >= 11 is 7.98. The molecule has 112 valence electrons. The monoisotopic (exact) mass is 322 g/mol. The van der Waals surface area contributed by atoms with E-state index in [1.807, 2.05) is 20.8 Å². The molecule has 1 fully saturated rings. The third-order valence-electron chi connectivity index (χ3n) is 3.73. The van der Waals surface area contributed by atoms with Crippen LogP contribution in [0.15, 0.2) is 0 Å². The summed E-state index contributed by atoms with van der Waals surface area (Å²) in [5, 5.41) is 5.12. The lowest BCUT2D eigenvalue weighted by atomic mass is 10.2. The smallest absolute Gasteiger partial charge is 0.137 e. The van der Waals surface area contributed by atoms with Gasteiger partial charge in [0, 0.05) is 16.4 Å². The predicted octanol–water partition coefficient (Wildman–Crippen LogP) is 4.56. The van der Waals surface area contributed by atoms with Crippen molar-refractivity contribution in [3.05, 3.63) is 32.1 Å². The largest absolute Gasteiger partial charge is 0.362 e. The number of nitrogens with zero attached hydrogens (tertiary/aromatic N) is 3. The van der Waals surface area contributed by atoms with E-state index in [2.05, 4.69) is 27.2 Å². The van der Waals surface area contributed by atoms with Crippen LogP contribution in [-0.4, -0.2) is 15.0 Å². The van der Waals surface area contributed by atoms with E-state index in [4.69, 9.17) is 11.6 Å². The molecule has 2 aromatic rings. The molecule has 0 spiro atoms. The Morgan fingerprint density at radius 2 is 1.90 bits per heavy atom. The Bertz CT molecular complexity index is 679. The first-order valence-corrected chi connectivity index (χ1v) is 8.39. The predicted molar refractivity (Wildman–Crippen MR) is 87.4 cm³/mol. The lowest BCUT2D eigenvalue weighted by molar-refractivity contribution is 0.852. The minimum atomic E-state index is 0.160. The Hall–Kier alpha value is -1.20. The number of nitrogens with one attached hydrogen (secondary N) is 1. The van der Waals surface area contributed by atoms with Gasteiger partial charge in [-0.3, -0.25) is 0 Å². The van der Waals surface area contributed by atoms with E-state index >= 15 is 0 Å². The third kappa shape index (κ3) is 3.04. The van der Waals surface area contributed by atoms with Crippen molar-refractivity contribution >= 4 is 28.8 Å². The van der Waals surface area contributed by atoms with Crippen molar-refractivity contribution in [1.29, 1.82) is 0 Å². The summed E-state index contributed by atoms with van der Waals surface area (Å²) < 4.78 is 0.